The summed E-state index contributed by atoms with van der Waals surface area (Å²) in [7, 11) is 0. The van der Waals surface area contributed by atoms with Crippen LogP contribution >= 0.6 is 0 Å². The highest BCUT2D eigenvalue weighted by atomic mass is 16.5. The molecule has 0 saturated heterocycles. The Morgan fingerprint density at radius 3 is 2.71 bits per heavy atom. The molecule has 0 saturated carbocycles. The fourth-order valence-corrected chi connectivity index (χ4v) is 2.11. The van der Waals surface area contributed by atoms with Gasteiger partial charge in [0.1, 0.15) is 17.2 Å². The lowest BCUT2D eigenvalue weighted by Crippen LogP contribution is -2.12. The number of nitrogens with two attached hydrogens (primary N) is 1. The summed E-state index contributed by atoms with van der Waals surface area (Å²) in [5.41, 5.74) is 4.09. The number of para-hydroxylation sites is 1. The van der Waals surface area contributed by atoms with Crippen molar-refractivity contribution in [3.63, 3.8) is 0 Å². The van der Waals surface area contributed by atoms with Gasteiger partial charge in [0, 0.05) is 11.6 Å². The van der Waals surface area contributed by atoms with E-state index in [1.807, 2.05) is 37.3 Å². The van der Waals surface area contributed by atoms with E-state index in [0.29, 0.717) is 23.3 Å². The Hall–Kier alpha value is -2.73. The highest BCUT2D eigenvalue weighted by Crippen LogP contribution is 2.30. The predicted molar refractivity (Wildman–Crippen MR) is 81.1 cm³/mol. The molecule has 2 heterocycles. The van der Waals surface area contributed by atoms with E-state index < -0.39 is 0 Å². The molecule has 6 heteroatoms. The van der Waals surface area contributed by atoms with Crippen LogP contribution in [0.15, 0.2) is 36.5 Å². The number of hydrogen-bond donors (Lipinski definition) is 2. The molecule has 1 aromatic carbocycles. The van der Waals surface area contributed by atoms with Gasteiger partial charge in [-0.1, -0.05) is 18.2 Å². The average Bonchev–Trinajstić information content (AvgIpc) is 2.51. The Labute approximate surface area is 122 Å². The SMILES string of the molecule is Cc1nc(NN)c(C)c(Oc2cccc3cccnc23)n1. The molecule has 0 spiro atoms. The van der Waals surface area contributed by atoms with E-state index in [1.165, 1.54) is 0 Å². The van der Waals surface area contributed by atoms with Crippen LogP contribution in [0.1, 0.15) is 11.4 Å². The molecule has 3 aromatic rings. The minimum Gasteiger partial charge on any atom is -0.436 e. The smallest absolute Gasteiger partial charge is 0.227 e. The normalized spacial score (nSPS) is 10.6. The number of benzene rings is 1. The number of ether oxygens (including phenoxy) is 1. The number of nitrogen functional groups attached to an aromatic ring is 1. The lowest BCUT2D eigenvalue weighted by molar-refractivity contribution is 0.460. The van der Waals surface area contributed by atoms with E-state index in [4.69, 9.17) is 10.6 Å². The molecule has 6 nitrogen and oxygen atoms in total. The van der Waals surface area contributed by atoms with Gasteiger partial charge in [-0.25, -0.2) is 10.8 Å². The van der Waals surface area contributed by atoms with Gasteiger partial charge in [0.25, 0.3) is 0 Å². The molecule has 0 unspecified atom stereocenters. The van der Waals surface area contributed by atoms with Gasteiger partial charge >= 0.3 is 0 Å². The molecule has 2 aromatic heterocycles. The molecular formula is C15H15N5O. The second kappa shape index (κ2) is 5.34. The lowest BCUT2D eigenvalue weighted by atomic mass is 10.2. The molecule has 0 amide bonds. The second-order valence-corrected chi connectivity index (χ2v) is 4.63. The maximum absolute atomic E-state index is 5.94. The summed E-state index contributed by atoms with van der Waals surface area (Å²) in [6.45, 7) is 3.64. The van der Waals surface area contributed by atoms with Crippen LogP contribution in [0, 0.1) is 13.8 Å². The zero-order valence-electron chi connectivity index (χ0n) is 11.8. The molecule has 0 radical (unpaired) electrons. The molecule has 0 aliphatic carbocycles. The Morgan fingerprint density at radius 1 is 1.10 bits per heavy atom. The summed E-state index contributed by atoms with van der Waals surface area (Å²) in [5, 5.41) is 1.01. The average molecular weight is 281 g/mol. The van der Waals surface area contributed by atoms with Gasteiger partial charge in [0.05, 0.1) is 5.56 Å². The molecule has 3 rings (SSSR count). The molecule has 0 aliphatic heterocycles. The van der Waals surface area contributed by atoms with Crippen molar-refractivity contribution in [3.8, 4) is 11.6 Å². The molecular weight excluding hydrogens is 266 g/mol. The van der Waals surface area contributed by atoms with E-state index in [0.717, 1.165) is 16.5 Å². The van der Waals surface area contributed by atoms with Crippen molar-refractivity contribution in [3.05, 3.63) is 47.9 Å². The summed E-state index contributed by atoms with van der Waals surface area (Å²) in [6, 6.07) is 9.65. The number of aryl methyl sites for hydroxylation is 1. The van der Waals surface area contributed by atoms with Gasteiger partial charge in [-0.15, -0.1) is 0 Å². The third-order valence-electron chi connectivity index (χ3n) is 3.15. The largest absolute Gasteiger partial charge is 0.436 e. The number of nitrogens with one attached hydrogen (secondary N) is 1. The summed E-state index contributed by atoms with van der Waals surface area (Å²) in [5.74, 6) is 7.71. The van der Waals surface area contributed by atoms with Crippen LogP contribution < -0.4 is 16.0 Å². The van der Waals surface area contributed by atoms with Crippen LogP contribution in [0.2, 0.25) is 0 Å². The summed E-state index contributed by atoms with van der Waals surface area (Å²) in [4.78, 5) is 12.9. The van der Waals surface area contributed by atoms with Gasteiger partial charge in [-0.05, 0) is 26.0 Å². The first-order valence-electron chi connectivity index (χ1n) is 6.52. The van der Waals surface area contributed by atoms with Crippen LogP contribution in [0.3, 0.4) is 0 Å². The lowest BCUT2D eigenvalue weighted by Gasteiger charge is -2.12. The quantitative estimate of drug-likeness (QED) is 0.567. The highest BCUT2D eigenvalue weighted by Gasteiger charge is 2.12. The first-order chi connectivity index (χ1) is 10.2. The fourth-order valence-electron chi connectivity index (χ4n) is 2.11. The van der Waals surface area contributed by atoms with Crippen molar-refractivity contribution in [1.82, 2.24) is 15.0 Å². The number of rotatable bonds is 3. The van der Waals surface area contributed by atoms with Crippen molar-refractivity contribution < 1.29 is 4.74 Å². The van der Waals surface area contributed by atoms with Crippen molar-refractivity contribution in [2.24, 2.45) is 5.84 Å². The molecule has 0 fully saturated rings. The number of anilines is 1. The van der Waals surface area contributed by atoms with E-state index >= 15 is 0 Å². The Kier molecular flexibility index (Phi) is 3.37. The fraction of sp³-hybridized carbons (Fsp3) is 0.133. The van der Waals surface area contributed by atoms with Crippen molar-refractivity contribution in [2.45, 2.75) is 13.8 Å². The number of aromatic nitrogens is 3. The van der Waals surface area contributed by atoms with E-state index in [9.17, 15) is 0 Å². The molecule has 0 atom stereocenters. The topological polar surface area (TPSA) is 86.0 Å². The van der Waals surface area contributed by atoms with Gasteiger partial charge in [-0.2, -0.15) is 4.98 Å². The van der Waals surface area contributed by atoms with Crippen LogP contribution in [0.25, 0.3) is 10.9 Å². The molecule has 106 valence electrons. The van der Waals surface area contributed by atoms with Crippen molar-refractivity contribution in [1.29, 1.82) is 0 Å². The van der Waals surface area contributed by atoms with E-state index in [1.54, 1.807) is 13.1 Å². The van der Waals surface area contributed by atoms with Gasteiger partial charge in [-0.3, -0.25) is 4.98 Å². The highest BCUT2D eigenvalue weighted by molar-refractivity contribution is 5.84. The second-order valence-electron chi connectivity index (χ2n) is 4.63. The first-order valence-corrected chi connectivity index (χ1v) is 6.52. The first kappa shape index (κ1) is 13.3. The Balaban J connectivity index is 2.09. The van der Waals surface area contributed by atoms with Gasteiger partial charge < -0.3 is 10.2 Å². The Bertz CT molecular complexity index is 798. The number of fused-ring (bicyclic) bond motifs is 1. The van der Waals surface area contributed by atoms with E-state index in [-0.39, 0.29) is 0 Å². The summed E-state index contributed by atoms with van der Waals surface area (Å²) in [6.07, 6.45) is 1.74. The van der Waals surface area contributed by atoms with Gasteiger partial charge in [0.2, 0.25) is 5.88 Å². The number of hydrazine groups is 1. The molecule has 0 aliphatic rings. The zero-order valence-corrected chi connectivity index (χ0v) is 11.8. The van der Waals surface area contributed by atoms with E-state index in [2.05, 4.69) is 20.4 Å². The maximum Gasteiger partial charge on any atom is 0.227 e. The van der Waals surface area contributed by atoms with Crippen LogP contribution in [-0.2, 0) is 0 Å². The van der Waals surface area contributed by atoms with Crippen LogP contribution in [-0.4, -0.2) is 15.0 Å². The van der Waals surface area contributed by atoms with Crippen molar-refractivity contribution in [2.75, 3.05) is 5.43 Å². The number of pyridine rings is 1. The monoisotopic (exact) mass is 281 g/mol. The maximum atomic E-state index is 5.94. The van der Waals surface area contributed by atoms with Crippen molar-refractivity contribution >= 4 is 16.7 Å². The predicted octanol–water partition coefficient (Wildman–Crippen LogP) is 2.72. The minimum absolute atomic E-state index is 0.466. The standard InChI is InChI=1S/C15H15N5O/c1-9-14(20-16)18-10(2)19-15(9)21-12-7-3-5-11-6-4-8-17-13(11)12/h3-8H,16H2,1-2H3,(H,18,19,20). The van der Waals surface area contributed by atoms with Gasteiger partial charge in [0.15, 0.2) is 5.75 Å². The number of hydrogen-bond acceptors (Lipinski definition) is 6. The summed E-state index contributed by atoms with van der Waals surface area (Å²) >= 11 is 0. The third kappa shape index (κ3) is 2.48. The number of nitrogens with zero attached hydrogens (tertiary/aromatic N) is 3. The molecule has 0 bridgehead atoms. The third-order valence-corrected chi connectivity index (χ3v) is 3.15. The zero-order chi connectivity index (χ0) is 14.8. The van der Waals surface area contributed by atoms with Crippen LogP contribution in [0.4, 0.5) is 5.82 Å². The Morgan fingerprint density at radius 2 is 1.90 bits per heavy atom. The minimum atomic E-state index is 0.466. The summed E-state index contributed by atoms with van der Waals surface area (Å²) < 4.78 is 5.94. The molecule has 21 heavy (non-hydrogen) atoms. The van der Waals surface area contributed by atoms with Crippen LogP contribution in [0.5, 0.6) is 11.6 Å². The molecule has 3 N–H and O–H groups in total.